The third-order valence-electron chi connectivity index (χ3n) is 3.37. The Morgan fingerprint density at radius 1 is 1.15 bits per heavy atom. The average Bonchev–Trinajstić information content (AvgIpc) is 2.63. The first kappa shape index (κ1) is 20.4. The number of hydrogen-bond acceptors (Lipinski definition) is 5. The zero-order valence-corrected chi connectivity index (χ0v) is 16.2. The number of carbonyl (C=O) groups is 2. The summed E-state index contributed by atoms with van der Waals surface area (Å²) in [5.74, 6) is -0.811. The second-order valence-electron chi connectivity index (χ2n) is 5.23. The molecule has 0 saturated heterocycles. The van der Waals surface area contributed by atoms with Crippen molar-refractivity contribution in [2.45, 2.75) is 6.42 Å². The SMILES string of the molecule is COc1cc(OC)c(C=NNC(=O)CC(=O)Nc2ccccc2F)cc1Br. The third kappa shape index (κ3) is 5.78. The fourth-order valence-electron chi connectivity index (χ4n) is 2.10. The van der Waals surface area contributed by atoms with Gasteiger partial charge in [-0.2, -0.15) is 5.10 Å². The summed E-state index contributed by atoms with van der Waals surface area (Å²) in [5.41, 5.74) is 2.83. The summed E-state index contributed by atoms with van der Waals surface area (Å²) < 4.78 is 24.6. The molecule has 7 nitrogen and oxygen atoms in total. The van der Waals surface area contributed by atoms with Crippen molar-refractivity contribution in [2.75, 3.05) is 19.5 Å². The molecule has 0 radical (unpaired) electrons. The normalized spacial score (nSPS) is 10.5. The maximum atomic E-state index is 13.5. The minimum atomic E-state index is -0.655. The molecule has 0 aliphatic rings. The van der Waals surface area contributed by atoms with Crippen LogP contribution < -0.4 is 20.2 Å². The quantitative estimate of drug-likeness (QED) is 0.395. The molecule has 0 spiro atoms. The van der Waals surface area contributed by atoms with Crippen LogP contribution in [0.2, 0.25) is 0 Å². The maximum Gasteiger partial charge on any atom is 0.249 e. The smallest absolute Gasteiger partial charge is 0.249 e. The molecule has 0 bridgehead atoms. The number of nitrogens with zero attached hydrogens (tertiary/aromatic N) is 1. The molecule has 2 amide bonds. The number of methoxy groups -OCH3 is 2. The van der Waals surface area contributed by atoms with E-state index in [9.17, 15) is 14.0 Å². The molecule has 27 heavy (non-hydrogen) atoms. The number of halogens is 2. The molecule has 2 aromatic rings. The highest BCUT2D eigenvalue weighted by molar-refractivity contribution is 9.10. The van der Waals surface area contributed by atoms with E-state index in [1.807, 2.05) is 0 Å². The number of amides is 2. The Labute approximate surface area is 163 Å². The molecule has 0 heterocycles. The number of anilines is 1. The van der Waals surface area contributed by atoms with Gasteiger partial charge < -0.3 is 14.8 Å². The largest absolute Gasteiger partial charge is 0.496 e. The highest BCUT2D eigenvalue weighted by Crippen LogP contribution is 2.31. The van der Waals surface area contributed by atoms with E-state index in [-0.39, 0.29) is 5.69 Å². The summed E-state index contributed by atoms with van der Waals surface area (Å²) in [5, 5.41) is 6.12. The van der Waals surface area contributed by atoms with Gasteiger partial charge in [0.1, 0.15) is 23.7 Å². The van der Waals surface area contributed by atoms with Crippen molar-refractivity contribution in [1.29, 1.82) is 0 Å². The fourth-order valence-corrected chi connectivity index (χ4v) is 2.62. The van der Waals surface area contributed by atoms with Gasteiger partial charge in [-0.15, -0.1) is 0 Å². The molecule has 142 valence electrons. The summed E-state index contributed by atoms with van der Waals surface area (Å²) in [6.07, 6.45) is 0.866. The van der Waals surface area contributed by atoms with Gasteiger partial charge in [0.25, 0.3) is 0 Å². The Morgan fingerprint density at radius 3 is 2.52 bits per heavy atom. The van der Waals surface area contributed by atoms with Crippen LogP contribution in [0.1, 0.15) is 12.0 Å². The predicted molar refractivity (Wildman–Crippen MR) is 103 cm³/mol. The minimum Gasteiger partial charge on any atom is -0.496 e. The van der Waals surface area contributed by atoms with Crippen molar-refractivity contribution < 1.29 is 23.5 Å². The molecule has 0 atom stereocenters. The molecule has 0 fully saturated rings. The fraction of sp³-hybridized carbons (Fsp3) is 0.167. The zero-order chi connectivity index (χ0) is 19.8. The van der Waals surface area contributed by atoms with Crippen LogP contribution in [0.25, 0.3) is 0 Å². The highest BCUT2D eigenvalue weighted by atomic mass is 79.9. The van der Waals surface area contributed by atoms with Crippen molar-refractivity contribution in [1.82, 2.24) is 5.43 Å². The van der Waals surface area contributed by atoms with E-state index in [0.717, 1.165) is 0 Å². The lowest BCUT2D eigenvalue weighted by molar-refractivity contribution is -0.126. The van der Waals surface area contributed by atoms with Crippen LogP contribution in [0.4, 0.5) is 10.1 Å². The molecule has 9 heteroatoms. The zero-order valence-electron chi connectivity index (χ0n) is 14.6. The number of ether oxygens (including phenoxy) is 2. The Bertz CT molecular complexity index is 874. The van der Waals surface area contributed by atoms with Crippen LogP contribution in [-0.2, 0) is 9.59 Å². The molecule has 2 rings (SSSR count). The van der Waals surface area contributed by atoms with Crippen molar-refractivity contribution in [3.8, 4) is 11.5 Å². The van der Waals surface area contributed by atoms with Crippen LogP contribution in [0.5, 0.6) is 11.5 Å². The minimum absolute atomic E-state index is 0.00613. The Morgan fingerprint density at radius 2 is 1.85 bits per heavy atom. The van der Waals surface area contributed by atoms with Gasteiger partial charge in [-0.05, 0) is 34.1 Å². The second-order valence-corrected chi connectivity index (χ2v) is 6.08. The second kappa shape index (κ2) is 9.67. The Hall–Kier alpha value is -2.94. The number of hydrogen-bond donors (Lipinski definition) is 2. The molecular weight excluding hydrogens is 421 g/mol. The van der Waals surface area contributed by atoms with Crippen LogP contribution in [0.3, 0.4) is 0 Å². The van der Waals surface area contributed by atoms with Gasteiger partial charge in [0.2, 0.25) is 11.8 Å². The van der Waals surface area contributed by atoms with E-state index < -0.39 is 24.1 Å². The molecule has 0 unspecified atom stereocenters. The van der Waals surface area contributed by atoms with Gasteiger partial charge in [-0.1, -0.05) is 12.1 Å². The molecular formula is C18H17BrFN3O4. The number of benzene rings is 2. The van der Waals surface area contributed by atoms with E-state index in [1.54, 1.807) is 18.2 Å². The van der Waals surface area contributed by atoms with Crippen LogP contribution in [-0.4, -0.2) is 32.2 Å². The van der Waals surface area contributed by atoms with Crippen molar-refractivity contribution >= 4 is 39.6 Å². The molecule has 0 aliphatic carbocycles. The van der Waals surface area contributed by atoms with Gasteiger partial charge in [0, 0.05) is 11.6 Å². The molecule has 2 aromatic carbocycles. The van der Waals surface area contributed by atoms with Gasteiger partial charge in [0.05, 0.1) is 30.6 Å². The topological polar surface area (TPSA) is 89.0 Å². The van der Waals surface area contributed by atoms with Crippen molar-refractivity contribution in [2.24, 2.45) is 5.10 Å². The van der Waals surface area contributed by atoms with Gasteiger partial charge in [-0.25, -0.2) is 9.82 Å². The van der Waals surface area contributed by atoms with Crippen LogP contribution >= 0.6 is 15.9 Å². The molecule has 0 aromatic heterocycles. The van der Waals surface area contributed by atoms with E-state index in [0.29, 0.717) is 21.5 Å². The number of nitrogens with one attached hydrogen (secondary N) is 2. The number of para-hydroxylation sites is 1. The van der Waals surface area contributed by atoms with E-state index >= 15 is 0 Å². The Balaban J connectivity index is 1.94. The summed E-state index contributed by atoms with van der Waals surface area (Å²) in [6, 6.07) is 9.05. The molecule has 0 saturated carbocycles. The van der Waals surface area contributed by atoms with Crippen molar-refractivity contribution in [3.63, 3.8) is 0 Å². The van der Waals surface area contributed by atoms with E-state index in [1.165, 1.54) is 38.6 Å². The van der Waals surface area contributed by atoms with Gasteiger partial charge in [-0.3, -0.25) is 9.59 Å². The highest BCUT2D eigenvalue weighted by Gasteiger charge is 2.11. The Kier molecular flexibility index (Phi) is 7.30. The maximum absolute atomic E-state index is 13.5. The first-order valence-corrected chi connectivity index (χ1v) is 8.51. The summed E-state index contributed by atoms with van der Waals surface area (Å²) >= 11 is 3.35. The predicted octanol–water partition coefficient (Wildman–Crippen LogP) is 3.08. The number of carbonyl (C=O) groups excluding carboxylic acids is 2. The lowest BCUT2D eigenvalue weighted by Gasteiger charge is -2.09. The van der Waals surface area contributed by atoms with Gasteiger partial charge in [0.15, 0.2) is 0 Å². The standard InChI is InChI=1S/C18H17BrFN3O4/c1-26-15-8-16(27-2)12(19)7-11(15)10-21-23-18(25)9-17(24)22-14-6-4-3-5-13(14)20/h3-8,10H,9H2,1-2H3,(H,22,24)(H,23,25). The monoisotopic (exact) mass is 437 g/mol. The lowest BCUT2D eigenvalue weighted by atomic mass is 10.2. The number of hydrazone groups is 1. The van der Waals surface area contributed by atoms with Gasteiger partial charge >= 0.3 is 0 Å². The summed E-state index contributed by atoms with van der Waals surface area (Å²) in [4.78, 5) is 23.6. The third-order valence-corrected chi connectivity index (χ3v) is 3.99. The van der Waals surface area contributed by atoms with Crippen molar-refractivity contribution in [3.05, 3.63) is 52.3 Å². The average molecular weight is 438 g/mol. The summed E-state index contributed by atoms with van der Waals surface area (Å²) in [7, 11) is 3.02. The van der Waals surface area contributed by atoms with E-state index in [2.05, 4.69) is 31.8 Å². The summed E-state index contributed by atoms with van der Waals surface area (Å²) in [6.45, 7) is 0. The lowest BCUT2D eigenvalue weighted by Crippen LogP contribution is -2.25. The first-order valence-electron chi connectivity index (χ1n) is 7.72. The molecule has 2 N–H and O–H groups in total. The first-order chi connectivity index (χ1) is 12.9. The van der Waals surface area contributed by atoms with Crippen LogP contribution in [0.15, 0.2) is 46.0 Å². The van der Waals surface area contributed by atoms with E-state index in [4.69, 9.17) is 9.47 Å². The number of rotatable bonds is 7. The van der Waals surface area contributed by atoms with Crippen LogP contribution in [0, 0.1) is 5.82 Å². The molecule has 0 aliphatic heterocycles.